The highest BCUT2D eigenvalue weighted by atomic mass is 16.6. The average Bonchev–Trinajstić information content (AvgIpc) is 2.97. The maximum Gasteiger partial charge on any atom is 0.410 e. The number of nitrogens with one attached hydrogen (secondary N) is 1. The number of likely N-dealkylation sites (tertiary alicyclic amines) is 1. The molecule has 0 aromatic heterocycles. The topological polar surface area (TPSA) is 118 Å². The zero-order valence-electron chi connectivity index (χ0n) is 24.9. The van der Waals surface area contributed by atoms with Gasteiger partial charge in [-0.3, -0.25) is 9.59 Å². The lowest BCUT2D eigenvalue weighted by Gasteiger charge is -2.38. The van der Waals surface area contributed by atoms with Crippen LogP contribution in [0.2, 0.25) is 0 Å². The van der Waals surface area contributed by atoms with E-state index in [0.29, 0.717) is 30.1 Å². The molecule has 2 heterocycles. The van der Waals surface area contributed by atoms with Gasteiger partial charge in [-0.2, -0.15) is 0 Å². The van der Waals surface area contributed by atoms with Gasteiger partial charge in [-0.25, -0.2) is 9.59 Å². The first kappa shape index (κ1) is 30.7. The Hall–Kier alpha value is -4.28. The van der Waals surface area contributed by atoms with Crippen LogP contribution >= 0.6 is 0 Å². The molecule has 42 heavy (non-hydrogen) atoms. The summed E-state index contributed by atoms with van der Waals surface area (Å²) in [6.45, 7) is 8.53. The van der Waals surface area contributed by atoms with Crippen LogP contribution in [0, 0.1) is 0 Å². The van der Waals surface area contributed by atoms with Gasteiger partial charge in [-0.1, -0.05) is 30.3 Å². The first-order valence-electron chi connectivity index (χ1n) is 14.2. The van der Waals surface area contributed by atoms with Gasteiger partial charge in [0.05, 0.1) is 5.69 Å². The van der Waals surface area contributed by atoms with Crippen LogP contribution in [0.4, 0.5) is 15.3 Å². The molecule has 2 aliphatic rings. The smallest absolute Gasteiger partial charge is 0.410 e. The molecule has 0 spiro atoms. The zero-order valence-corrected chi connectivity index (χ0v) is 24.9. The summed E-state index contributed by atoms with van der Waals surface area (Å²) < 4.78 is 16.6. The number of likely N-dealkylation sites (N-methyl/N-ethyl adjacent to an activating group) is 1. The molecule has 11 nitrogen and oxygen atoms in total. The third-order valence-corrected chi connectivity index (χ3v) is 7.15. The van der Waals surface area contributed by atoms with Crippen molar-refractivity contribution in [2.45, 2.75) is 64.9 Å². The van der Waals surface area contributed by atoms with Crippen LogP contribution in [0.25, 0.3) is 0 Å². The zero-order chi connectivity index (χ0) is 30.4. The SMILES string of the molecule is C[C@H]1Oc2ccc(C(=O)N(C)[C@@H]3CCCN(C(=O)OC(C)(C)C)C3)cc2N(CCNC(=O)OCc2ccccc2)C1=O. The highest BCUT2D eigenvalue weighted by molar-refractivity contribution is 6.02. The minimum Gasteiger partial charge on any atom is -0.479 e. The van der Waals surface area contributed by atoms with Gasteiger partial charge < -0.3 is 34.2 Å². The Bertz CT molecular complexity index is 1290. The molecule has 0 unspecified atom stereocenters. The van der Waals surface area contributed by atoms with Crippen LogP contribution in [-0.4, -0.2) is 84.8 Å². The number of carbonyl (C=O) groups is 4. The largest absolute Gasteiger partial charge is 0.479 e. The Balaban J connectivity index is 1.40. The second-order valence-electron chi connectivity index (χ2n) is 11.6. The van der Waals surface area contributed by atoms with E-state index in [1.165, 1.54) is 4.90 Å². The number of hydrogen-bond donors (Lipinski definition) is 1. The second kappa shape index (κ2) is 13.1. The molecule has 2 atom stereocenters. The summed E-state index contributed by atoms with van der Waals surface area (Å²) in [5.41, 5.74) is 1.11. The van der Waals surface area contributed by atoms with Crippen LogP contribution < -0.4 is 15.0 Å². The van der Waals surface area contributed by atoms with E-state index in [-0.39, 0.29) is 43.6 Å². The third kappa shape index (κ3) is 7.71. The molecule has 2 aliphatic heterocycles. The van der Waals surface area contributed by atoms with Gasteiger partial charge in [0.25, 0.3) is 11.8 Å². The molecule has 4 amide bonds. The Morgan fingerprint density at radius 1 is 1.12 bits per heavy atom. The average molecular weight is 581 g/mol. The molecule has 11 heteroatoms. The van der Waals surface area contributed by atoms with Gasteiger partial charge in [0, 0.05) is 44.8 Å². The fourth-order valence-corrected chi connectivity index (χ4v) is 4.95. The molecule has 0 bridgehead atoms. The van der Waals surface area contributed by atoms with Crippen molar-refractivity contribution in [1.82, 2.24) is 15.1 Å². The van der Waals surface area contributed by atoms with Crippen LogP contribution in [-0.2, 0) is 20.9 Å². The molecule has 4 rings (SSSR count). The molecule has 1 N–H and O–H groups in total. The van der Waals surface area contributed by atoms with Crippen molar-refractivity contribution in [2.24, 2.45) is 0 Å². The number of ether oxygens (including phenoxy) is 3. The summed E-state index contributed by atoms with van der Waals surface area (Å²) in [6.07, 6.45) is -0.191. The number of piperidine rings is 1. The normalized spacial score (nSPS) is 18.5. The van der Waals surface area contributed by atoms with Crippen LogP contribution in [0.3, 0.4) is 0 Å². The summed E-state index contributed by atoms with van der Waals surface area (Å²) in [5.74, 6) is -0.0376. The van der Waals surface area contributed by atoms with Crippen LogP contribution in [0.1, 0.15) is 56.5 Å². The molecule has 1 saturated heterocycles. The van der Waals surface area contributed by atoms with Crippen molar-refractivity contribution < 1.29 is 33.4 Å². The van der Waals surface area contributed by atoms with E-state index in [1.807, 2.05) is 51.1 Å². The van der Waals surface area contributed by atoms with Gasteiger partial charge in [0.15, 0.2) is 6.10 Å². The molecule has 0 saturated carbocycles. The summed E-state index contributed by atoms with van der Waals surface area (Å²) in [6, 6.07) is 14.1. The summed E-state index contributed by atoms with van der Waals surface area (Å²) in [4.78, 5) is 56.2. The lowest BCUT2D eigenvalue weighted by Crippen LogP contribution is -2.51. The minimum atomic E-state index is -0.715. The lowest BCUT2D eigenvalue weighted by molar-refractivity contribution is -0.125. The minimum absolute atomic E-state index is 0.137. The summed E-state index contributed by atoms with van der Waals surface area (Å²) in [7, 11) is 1.72. The number of nitrogens with zero attached hydrogens (tertiary/aromatic N) is 3. The third-order valence-electron chi connectivity index (χ3n) is 7.15. The Kier molecular flexibility index (Phi) is 9.59. The highest BCUT2D eigenvalue weighted by Crippen LogP contribution is 2.35. The lowest BCUT2D eigenvalue weighted by atomic mass is 10.0. The molecular weight excluding hydrogens is 540 g/mol. The number of rotatable bonds is 7. The predicted octanol–water partition coefficient (Wildman–Crippen LogP) is 4.20. The van der Waals surface area contributed by atoms with E-state index in [1.54, 1.807) is 42.0 Å². The van der Waals surface area contributed by atoms with Crippen LogP contribution in [0.5, 0.6) is 5.75 Å². The Morgan fingerprint density at radius 3 is 2.57 bits per heavy atom. The van der Waals surface area contributed by atoms with Crippen molar-refractivity contribution in [1.29, 1.82) is 0 Å². The van der Waals surface area contributed by atoms with Gasteiger partial charge in [-0.15, -0.1) is 0 Å². The molecule has 226 valence electrons. The number of amides is 4. The standard InChI is InChI=1S/C31H40N4O7/c1-21-27(36)35(17-15-32-29(38)40-20-22-10-7-6-8-11-22)25-18-23(13-14-26(25)41-21)28(37)33(5)24-12-9-16-34(19-24)30(39)42-31(2,3)4/h6-8,10-11,13-14,18,21,24H,9,12,15-17,19-20H2,1-5H3,(H,32,38)/t21-,24-/m1/s1. The van der Waals surface area contributed by atoms with Crippen molar-refractivity contribution in [2.75, 3.05) is 38.1 Å². The second-order valence-corrected chi connectivity index (χ2v) is 11.6. The van der Waals surface area contributed by atoms with Gasteiger partial charge >= 0.3 is 12.2 Å². The van der Waals surface area contributed by atoms with Crippen molar-refractivity contribution in [3.05, 3.63) is 59.7 Å². The molecule has 2 aromatic carbocycles. The maximum absolute atomic E-state index is 13.6. The molecule has 1 fully saturated rings. The van der Waals surface area contributed by atoms with Gasteiger partial charge in [-0.05, 0) is 64.3 Å². The fourth-order valence-electron chi connectivity index (χ4n) is 4.95. The van der Waals surface area contributed by atoms with E-state index in [2.05, 4.69) is 5.32 Å². The first-order chi connectivity index (χ1) is 19.9. The molecule has 0 aliphatic carbocycles. The van der Waals surface area contributed by atoms with Gasteiger partial charge in [0.1, 0.15) is 18.0 Å². The van der Waals surface area contributed by atoms with E-state index in [0.717, 1.165) is 18.4 Å². The number of fused-ring (bicyclic) bond motifs is 1. The fraction of sp³-hybridized carbons (Fsp3) is 0.484. The first-order valence-corrected chi connectivity index (χ1v) is 14.2. The number of carbonyl (C=O) groups excluding carboxylic acids is 4. The van der Waals surface area contributed by atoms with Crippen molar-refractivity contribution >= 4 is 29.7 Å². The van der Waals surface area contributed by atoms with E-state index in [4.69, 9.17) is 14.2 Å². The highest BCUT2D eigenvalue weighted by Gasteiger charge is 2.34. The van der Waals surface area contributed by atoms with Crippen LogP contribution in [0.15, 0.2) is 48.5 Å². The van der Waals surface area contributed by atoms with Crippen molar-refractivity contribution in [3.63, 3.8) is 0 Å². The van der Waals surface area contributed by atoms with E-state index in [9.17, 15) is 19.2 Å². The number of benzene rings is 2. The van der Waals surface area contributed by atoms with E-state index < -0.39 is 17.8 Å². The number of hydrogen-bond acceptors (Lipinski definition) is 7. The predicted molar refractivity (Wildman–Crippen MR) is 156 cm³/mol. The monoisotopic (exact) mass is 580 g/mol. The molecule has 0 radical (unpaired) electrons. The van der Waals surface area contributed by atoms with Gasteiger partial charge in [0.2, 0.25) is 0 Å². The number of anilines is 1. The summed E-state index contributed by atoms with van der Waals surface area (Å²) in [5, 5.41) is 2.68. The molecular formula is C31H40N4O7. The van der Waals surface area contributed by atoms with E-state index >= 15 is 0 Å². The summed E-state index contributed by atoms with van der Waals surface area (Å²) >= 11 is 0. The Morgan fingerprint density at radius 2 is 1.86 bits per heavy atom. The number of alkyl carbamates (subject to hydrolysis) is 1. The quantitative estimate of drug-likeness (QED) is 0.522. The Labute approximate surface area is 246 Å². The maximum atomic E-state index is 13.6. The van der Waals surface area contributed by atoms with Crippen molar-refractivity contribution in [3.8, 4) is 5.75 Å². The molecule has 2 aromatic rings.